The molecule has 1 atom stereocenters. The Hall–Kier alpha value is -1.70. The highest BCUT2D eigenvalue weighted by atomic mass is 16.3. The summed E-state index contributed by atoms with van der Waals surface area (Å²) < 4.78 is 5.45. The molecule has 0 saturated heterocycles. The van der Waals surface area contributed by atoms with Crippen molar-refractivity contribution in [1.82, 2.24) is 0 Å². The molecule has 1 aromatic heterocycles. The molecule has 0 amide bonds. The monoisotopic (exact) mass is 241 g/mol. The van der Waals surface area contributed by atoms with Gasteiger partial charge in [-0.3, -0.25) is 0 Å². The van der Waals surface area contributed by atoms with Crippen molar-refractivity contribution in [3.8, 4) is 0 Å². The van der Waals surface area contributed by atoms with Gasteiger partial charge in [0.1, 0.15) is 5.76 Å². The van der Waals surface area contributed by atoms with Crippen LogP contribution in [0.15, 0.2) is 41.0 Å². The quantitative estimate of drug-likeness (QED) is 0.865. The third-order valence-corrected chi connectivity index (χ3v) is 3.74. The zero-order chi connectivity index (χ0) is 12.4. The van der Waals surface area contributed by atoms with E-state index in [2.05, 4.69) is 30.4 Å². The Bertz CT molecular complexity index is 516. The lowest BCUT2D eigenvalue weighted by Crippen LogP contribution is -2.11. The summed E-state index contributed by atoms with van der Waals surface area (Å²) in [4.78, 5) is 0. The fourth-order valence-electron chi connectivity index (χ4n) is 2.76. The summed E-state index contributed by atoms with van der Waals surface area (Å²) in [7, 11) is 0. The maximum Gasteiger partial charge on any atom is 0.125 e. The normalized spacial score (nSPS) is 16.1. The number of anilines is 1. The Morgan fingerprint density at radius 2 is 2.00 bits per heavy atom. The average molecular weight is 241 g/mol. The number of nitrogens with one attached hydrogen (secondary N) is 1. The molecule has 2 nitrogen and oxygen atoms in total. The molecule has 2 heteroatoms. The average Bonchev–Trinajstić information content (AvgIpc) is 2.93. The number of benzene rings is 1. The Labute approximate surface area is 108 Å². The van der Waals surface area contributed by atoms with Crippen molar-refractivity contribution < 1.29 is 4.42 Å². The molecule has 0 fully saturated rings. The molecule has 3 rings (SSSR count). The summed E-state index contributed by atoms with van der Waals surface area (Å²) >= 11 is 0. The molecule has 18 heavy (non-hydrogen) atoms. The third kappa shape index (κ3) is 2.15. The summed E-state index contributed by atoms with van der Waals surface area (Å²) in [6, 6.07) is 10.8. The van der Waals surface area contributed by atoms with Gasteiger partial charge >= 0.3 is 0 Å². The molecule has 1 aliphatic carbocycles. The van der Waals surface area contributed by atoms with Crippen LogP contribution in [0.25, 0.3) is 0 Å². The van der Waals surface area contributed by atoms with Crippen LogP contribution < -0.4 is 5.32 Å². The van der Waals surface area contributed by atoms with E-state index in [1.807, 2.05) is 12.1 Å². The lowest BCUT2D eigenvalue weighted by atomic mass is 9.90. The largest absolute Gasteiger partial charge is 0.467 e. The molecule has 1 unspecified atom stereocenters. The third-order valence-electron chi connectivity index (χ3n) is 3.74. The van der Waals surface area contributed by atoms with E-state index in [-0.39, 0.29) is 6.04 Å². The first kappa shape index (κ1) is 11.4. The van der Waals surface area contributed by atoms with Gasteiger partial charge in [0, 0.05) is 5.69 Å². The van der Waals surface area contributed by atoms with Gasteiger partial charge in [-0.1, -0.05) is 12.1 Å². The lowest BCUT2D eigenvalue weighted by molar-refractivity contribution is 0.490. The van der Waals surface area contributed by atoms with Crippen LogP contribution in [0.3, 0.4) is 0 Å². The molecule has 0 aliphatic heterocycles. The fraction of sp³-hybridized carbons (Fsp3) is 0.375. The van der Waals surface area contributed by atoms with Gasteiger partial charge in [-0.25, -0.2) is 0 Å². The molecular formula is C16H19NO. The van der Waals surface area contributed by atoms with Crippen molar-refractivity contribution in [1.29, 1.82) is 0 Å². The molecule has 94 valence electrons. The summed E-state index contributed by atoms with van der Waals surface area (Å²) in [6.45, 7) is 2.14. The van der Waals surface area contributed by atoms with Crippen LogP contribution >= 0.6 is 0 Å². The molecule has 0 bridgehead atoms. The zero-order valence-electron chi connectivity index (χ0n) is 10.8. The number of furan rings is 1. The Balaban J connectivity index is 1.84. The summed E-state index contributed by atoms with van der Waals surface area (Å²) in [6.07, 6.45) is 6.78. The smallest absolute Gasteiger partial charge is 0.125 e. The van der Waals surface area contributed by atoms with Crippen molar-refractivity contribution >= 4 is 5.69 Å². The van der Waals surface area contributed by atoms with Crippen LogP contribution in [0.4, 0.5) is 5.69 Å². The van der Waals surface area contributed by atoms with E-state index in [1.54, 1.807) is 6.26 Å². The summed E-state index contributed by atoms with van der Waals surface area (Å²) in [5, 5.41) is 3.58. The summed E-state index contributed by atoms with van der Waals surface area (Å²) in [5.74, 6) is 0.989. The number of rotatable bonds is 3. The summed E-state index contributed by atoms with van der Waals surface area (Å²) in [5.41, 5.74) is 4.29. The first-order chi connectivity index (χ1) is 8.84. The molecule has 1 N–H and O–H groups in total. The minimum Gasteiger partial charge on any atom is -0.467 e. The Kier molecular flexibility index (Phi) is 3.09. The second-order valence-electron chi connectivity index (χ2n) is 5.03. The molecular weight excluding hydrogens is 222 g/mol. The van der Waals surface area contributed by atoms with Crippen LogP contribution in [0.5, 0.6) is 0 Å². The Morgan fingerprint density at radius 1 is 1.11 bits per heavy atom. The van der Waals surface area contributed by atoms with E-state index >= 15 is 0 Å². The van der Waals surface area contributed by atoms with Crippen molar-refractivity contribution in [2.45, 2.75) is 38.6 Å². The molecule has 1 aromatic carbocycles. The van der Waals surface area contributed by atoms with Gasteiger partial charge in [-0.05, 0) is 61.9 Å². The van der Waals surface area contributed by atoms with E-state index in [0.717, 1.165) is 5.76 Å². The van der Waals surface area contributed by atoms with E-state index in [4.69, 9.17) is 4.42 Å². The van der Waals surface area contributed by atoms with Gasteiger partial charge in [0.25, 0.3) is 0 Å². The van der Waals surface area contributed by atoms with Gasteiger partial charge in [-0.2, -0.15) is 0 Å². The molecule has 0 radical (unpaired) electrons. The molecule has 0 saturated carbocycles. The lowest BCUT2D eigenvalue weighted by Gasteiger charge is -2.22. The highest BCUT2D eigenvalue weighted by molar-refractivity contribution is 5.56. The van der Waals surface area contributed by atoms with Gasteiger partial charge in [0.15, 0.2) is 0 Å². The van der Waals surface area contributed by atoms with Crippen molar-refractivity contribution in [2.24, 2.45) is 0 Å². The second kappa shape index (κ2) is 4.89. The highest BCUT2D eigenvalue weighted by Crippen LogP contribution is 2.30. The molecule has 1 heterocycles. The van der Waals surface area contributed by atoms with Crippen molar-refractivity contribution in [3.63, 3.8) is 0 Å². The topological polar surface area (TPSA) is 25.2 Å². The van der Waals surface area contributed by atoms with Gasteiger partial charge in [0.05, 0.1) is 12.3 Å². The van der Waals surface area contributed by atoms with E-state index in [9.17, 15) is 0 Å². The molecule has 0 spiro atoms. The first-order valence-corrected chi connectivity index (χ1v) is 6.75. The van der Waals surface area contributed by atoms with E-state index in [1.165, 1.54) is 42.5 Å². The van der Waals surface area contributed by atoms with Crippen molar-refractivity contribution in [2.75, 3.05) is 5.32 Å². The maximum absolute atomic E-state index is 5.45. The number of hydrogen-bond acceptors (Lipinski definition) is 2. The number of aryl methyl sites for hydroxylation is 1. The van der Waals surface area contributed by atoms with Crippen LogP contribution in [0.2, 0.25) is 0 Å². The number of hydrogen-bond donors (Lipinski definition) is 1. The molecule has 1 aliphatic rings. The minimum atomic E-state index is 0.216. The predicted molar refractivity (Wildman–Crippen MR) is 73.8 cm³/mol. The van der Waals surface area contributed by atoms with E-state index in [0.29, 0.717) is 0 Å². The first-order valence-electron chi connectivity index (χ1n) is 6.75. The predicted octanol–water partition coefficient (Wildman–Crippen LogP) is 4.33. The van der Waals surface area contributed by atoms with Crippen molar-refractivity contribution in [3.05, 3.63) is 53.5 Å². The second-order valence-corrected chi connectivity index (χ2v) is 5.03. The van der Waals surface area contributed by atoms with Crippen LogP contribution in [-0.2, 0) is 12.8 Å². The fourth-order valence-corrected chi connectivity index (χ4v) is 2.76. The van der Waals surface area contributed by atoms with Crippen LogP contribution in [-0.4, -0.2) is 0 Å². The van der Waals surface area contributed by atoms with Crippen LogP contribution in [0.1, 0.15) is 42.7 Å². The standard InChI is InChI=1S/C16H19NO/c1-12(16-10-5-11-18-16)17-15-9-4-7-13-6-2-3-8-14(13)15/h4-5,7,9-12,17H,2-3,6,8H2,1H3. The van der Waals surface area contributed by atoms with Crippen LogP contribution in [0, 0.1) is 0 Å². The van der Waals surface area contributed by atoms with Gasteiger partial charge in [0.2, 0.25) is 0 Å². The maximum atomic E-state index is 5.45. The van der Waals surface area contributed by atoms with Gasteiger partial charge < -0.3 is 9.73 Å². The Morgan fingerprint density at radius 3 is 2.83 bits per heavy atom. The molecule has 2 aromatic rings. The zero-order valence-corrected chi connectivity index (χ0v) is 10.8. The highest BCUT2D eigenvalue weighted by Gasteiger charge is 2.15. The minimum absolute atomic E-state index is 0.216. The SMILES string of the molecule is CC(Nc1cccc2c1CCCC2)c1ccco1. The van der Waals surface area contributed by atoms with Gasteiger partial charge in [-0.15, -0.1) is 0 Å². The number of fused-ring (bicyclic) bond motifs is 1. The van der Waals surface area contributed by atoms with E-state index < -0.39 is 0 Å².